The number of ether oxygens (including phenoxy) is 1. The molecule has 322 valence electrons. The maximum absolute atomic E-state index is 14.9. The molecular weight excluding hydrogens is 869 g/mol. The van der Waals surface area contributed by atoms with E-state index in [4.69, 9.17) is 9.72 Å². The predicted octanol–water partition coefficient (Wildman–Crippen LogP) is 6.68. The van der Waals surface area contributed by atoms with E-state index in [0.29, 0.717) is 75.1 Å². The van der Waals surface area contributed by atoms with Gasteiger partial charge >= 0.3 is 0 Å². The number of halogens is 3. The second-order valence-electron chi connectivity index (χ2n) is 15.6. The van der Waals surface area contributed by atoms with Crippen molar-refractivity contribution in [2.24, 2.45) is 0 Å². The lowest BCUT2D eigenvalue weighted by Gasteiger charge is -2.35. The van der Waals surface area contributed by atoms with Gasteiger partial charge in [0.1, 0.15) is 35.9 Å². The first-order valence-electron chi connectivity index (χ1n) is 20.4. The van der Waals surface area contributed by atoms with Crippen LogP contribution in [0.5, 0.6) is 5.75 Å². The first-order valence-corrected chi connectivity index (χ1v) is 23.8. The second kappa shape index (κ2) is 19.3. The maximum Gasteiger partial charge on any atom is 0.234 e. The van der Waals surface area contributed by atoms with Crippen molar-refractivity contribution < 1.29 is 27.7 Å². The molecule has 4 heterocycles. The number of nitrogens with one attached hydrogen (secondary N) is 5. The minimum atomic E-state index is -2.78. The van der Waals surface area contributed by atoms with Crippen molar-refractivity contribution in [1.82, 2.24) is 35.9 Å². The van der Waals surface area contributed by atoms with E-state index in [1.165, 1.54) is 12.1 Å². The Bertz CT molecular complexity index is 2460. The number of anilines is 5. The Kier molecular flexibility index (Phi) is 13.9. The number of carbonyl (C=O) groups excluding carboxylic acids is 2. The molecule has 0 radical (unpaired) electrons. The quantitative estimate of drug-likeness (QED) is 0.0403. The first kappa shape index (κ1) is 44.0. The van der Waals surface area contributed by atoms with Gasteiger partial charge in [0, 0.05) is 74.5 Å². The molecule has 5 N–H and O–H groups in total. The minimum absolute atomic E-state index is 0.0555. The lowest BCUT2D eigenvalue weighted by molar-refractivity contribution is -0.134. The molecule has 2 amide bonds. The highest BCUT2D eigenvalue weighted by Gasteiger charge is 2.32. The number of amides is 2. The molecular formula is C43H50BrF2N10O4P. The van der Waals surface area contributed by atoms with Gasteiger partial charge in [-0.25, -0.2) is 13.8 Å². The van der Waals surface area contributed by atoms with Crippen molar-refractivity contribution >= 4 is 80.1 Å². The molecule has 0 bridgehead atoms. The molecule has 18 heteroatoms. The van der Waals surface area contributed by atoms with Crippen molar-refractivity contribution in [2.45, 2.75) is 57.4 Å². The van der Waals surface area contributed by atoms with Crippen LogP contribution >= 0.6 is 23.1 Å². The Hall–Kier alpha value is -5.09. The number of nitrogens with zero attached hydrogens (tertiary/aromatic N) is 5. The average Bonchev–Trinajstić information content (AvgIpc) is 3.23. The number of benzene rings is 3. The highest BCUT2D eigenvalue weighted by molar-refractivity contribution is 9.10. The molecule has 5 aromatic rings. The van der Waals surface area contributed by atoms with Gasteiger partial charge in [-0.2, -0.15) is 4.98 Å². The molecule has 0 unspecified atom stereocenters. The summed E-state index contributed by atoms with van der Waals surface area (Å²) in [5, 5.41) is 16.5. The number of piperidine rings is 2. The van der Waals surface area contributed by atoms with Crippen LogP contribution in [0.2, 0.25) is 0 Å². The van der Waals surface area contributed by atoms with Crippen LogP contribution in [0.15, 0.2) is 59.5 Å². The third-order valence-corrected chi connectivity index (χ3v) is 13.2. The van der Waals surface area contributed by atoms with E-state index in [9.17, 15) is 22.9 Å². The number of rotatable bonds is 16. The average molecular weight is 920 g/mol. The smallest absolute Gasteiger partial charge is 0.234 e. The standard InChI is InChI=1S/C43H50BrF2N10O4P/c1-5-26-22-34(53-43-51-24-29(44)41(55-43)52-33-8-7-32-39(50-17-16-49-32)40(33)61(3,4)59)36(60-2)23-35(26)56-18-11-27(12-19-56)48-15-14-47-13-10-25-20-30(45)38(31(46)21-25)28-6-9-37(57)54-42(28)58/h7-8,16-17,20-24,27-28,47-48H,5-6,9-15,18-19H2,1-4H3,(H,54,57,58)(H2,51,52,53,55)/t28-/m1/s1. The fraction of sp³-hybridized carbons (Fsp3) is 0.395. The van der Waals surface area contributed by atoms with E-state index in [0.717, 1.165) is 55.8 Å². The zero-order valence-corrected chi connectivity index (χ0v) is 37.1. The summed E-state index contributed by atoms with van der Waals surface area (Å²) < 4.78 is 49.8. The highest BCUT2D eigenvalue weighted by Crippen LogP contribution is 2.42. The van der Waals surface area contributed by atoms with Gasteiger partial charge in [0.15, 0.2) is 0 Å². The summed E-state index contributed by atoms with van der Waals surface area (Å²) in [5.41, 5.74) is 5.10. The topological polar surface area (TPSA) is 175 Å². The normalized spacial score (nSPS) is 16.2. The van der Waals surface area contributed by atoms with E-state index in [2.05, 4.69) is 81.4 Å². The molecule has 1 atom stereocenters. The van der Waals surface area contributed by atoms with Crippen LogP contribution in [0.4, 0.5) is 37.6 Å². The van der Waals surface area contributed by atoms with Gasteiger partial charge in [-0.05, 0) is 109 Å². The van der Waals surface area contributed by atoms with Crippen molar-refractivity contribution in [3.8, 4) is 5.75 Å². The van der Waals surface area contributed by atoms with Crippen LogP contribution in [-0.2, 0) is 27.0 Å². The van der Waals surface area contributed by atoms with Crippen molar-refractivity contribution in [3.63, 3.8) is 0 Å². The van der Waals surface area contributed by atoms with Gasteiger partial charge in [-0.15, -0.1) is 0 Å². The molecule has 61 heavy (non-hydrogen) atoms. The van der Waals surface area contributed by atoms with E-state index in [1.807, 2.05) is 12.1 Å². The molecule has 0 saturated carbocycles. The summed E-state index contributed by atoms with van der Waals surface area (Å²) in [6.45, 7) is 9.28. The zero-order valence-electron chi connectivity index (χ0n) is 34.6. The Morgan fingerprint density at radius 2 is 1.70 bits per heavy atom. The number of aryl methyl sites for hydroxylation is 1. The van der Waals surface area contributed by atoms with E-state index >= 15 is 0 Å². The fourth-order valence-electron chi connectivity index (χ4n) is 8.02. The molecule has 0 spiro atoms. The minimum Gasteiger partial charge on any atom is -0.494 e. The summed E-state index contributed by atoms with van der Waals surface area (Å²) in [4.78, 5) is 44.2. The van der Waals surface area contributed by atoms with Crippen LogP contribution in [0.1, 0.15) is 55.2 Å². The van der Waals surface area contributed by atoms with Crippen LogP contribution in [0, 0.1) is 11.6 Å². The number of imide groups is 1. The van der Waals surface area contributed by atoms with E-state index in [-0.39, 0.29) is 18.4 Å². The van der Waals surface area contributed by atoms with Crippen molar-refractivity contribution in [2.75, 3.05) is 68.7 Å². The van der Waals surface area contributed by atoms with Gasteiger partial charge in [-0.3, -0.25) is 24.9 Å². The number of methoxy groups -OCH3 is 1. The third kappa shape index (κ3) is 10.3. The van der Waals surface area contributed by atoms with E-state index in [1.54, 1.807) is 39.0 Å². The molecule has 2 fully saturated rings. The molecule has 2 aromatic heterocycles. The fourth-order valence-corrected chi connectivity index (χ4v) is 9.70. The van der Waals surface area contributed by atoms with Gasteiger partial charge in [0.05, 0.1) is 39.7 Å². The number of carbonyl (C=O) groups is 2. The Balaban J connectivity index is 0.916. The molecule has 2 aliphatic heterocycles. The number of hydrogen-bond donors (Lipinski definition) is 5. The molecule has 3 aromatic carbocycles. The lowest BCUT2D eigenvalue weighted by Crippen LogP contribution is -2.44. The van der Waals surface area contributed by atoms with Crippen LogP contribution in [-0.4, -0.2) is 91.0 Å². The van der Waals surface area contributed by atoms with Crippen LogP contribution in [0.25, 0.3) is 11.0 Å². The lowest BCUT2D eigenvalue weighted by atomic mass is 9.89. The van der Waals surface area contributed by atoms with Gasteiger partial charge in [0.2, 0.25) is 17.8 Å². The van der Waals surface area contributed by atoms with Crippen molar-refractivity contribution in [3.05, 3.63) is 87.8 Å². The maximum atomic E-state index is 14.9. The summed E-state index contributed by atoms with van der Waals surface area (Å²) in [6, 6.07) is 10.8. The Morgan fingerprint density at radius 3 is 2.41 bits per heavy atom. The van der Waals surface area contributed by atoms with Gasteiger partial charge < -0.3 is 35.5 Å². The molecule has 14 nitrogen and oxygen atoms in total. The number of hydrogen-bond acceptors (Lipinski definition) is 13. The number of fused-ring (bicyclic) bond motifs is 1. The first-order chi connectivity index (χ1) is 29.3. The van der Waals surface area contributed by atoms with Gasteiger partial charge in [-0.1, -0.05) is 6.92 Å². The third-order valence-electron chi connectivity index (χ3n) is 11.1. The molecule has 0 aliphatic carbocycles. The van der Waals surface area contributed by atoms with Crippen LogP contribution in [0.3, 0.4) is 0 Å². The molecule has 2 saturated heterocycles. The zero-order chi connectivity index (χ0) is 43.3. The van der Waals surface area contributed by atoms with Gasteiger partial charge in [0.25, 0.3) is 0 Å². The molecule has 2 aliphatic rings. The summed E-state index contributed by atoms with van der Waals surface area (Å²) in [7, 11) is -1.14. The Labute approximate surface area is 362 Å². The predicted molar refractivity (Wildman–Crippen MR) is 239 cm³/mol. The van der Waals surface area contributed by atoms with Crippen LogP contribution < -0.4 is 41.5 Å². The summed E-state index contributed by atoms with van der Waals surface area (Å²) >= 11 is 3.57. The Morgan fingerprint density at radius 1 is 0.951 bits per heavy atom. The highest BCUT2D eigenvalue weighted by atomic mass is 79.9. The summed E-state index contributed by atoms with van der Waals surface area (Å²) in [6.07, 6.45) is 8.17. The second-order valence-corrected chi connectivity index (χ2v) is 19.6. The van der Waals surface area contributed by atoms with E-state index < -0.39 is 36.5 Å². The summed E-state index contributed by atoms with van der Waals surface area (Å²) in [5.74, 6) is -2.12. The van der Waals surface area contributed by atoms with Crippen molar-refractivity contribution in [1.29, 1.82) is 0 Å². The monoisotopic (exact) mass is 918 g/mol. The molecule has 7 rings (SSSR count). The largest absolute Gasteiger partial charge is 0.494 e. The number of aromatic nitrogens is 4. The SMILES string of the molecule is CCc1cc(Nc2ncc(Br)c(Nc3ccc4nccnc4c3P(C)(C)=O)n2)c(OC)cc1N1CCC(NCCNCCc2cc(F)c([C@H]3CCC(=O)NC3=O)c(F)c2)CC1.